The molecule has 0 aliphatic carbocycles. The number of nitrogens with zero attached hydrogens (tertiary/aromatic N) is 1. The zero-order valence-electron chi connectivity index (χ0n) is 10.9. The highest BCUT2D eigenvalue weighted by Gasteiger charge is 2.96. The summed E-state index contributed by atoms with van der Waals surface area (Å²) in [5, 5.41) is 0. The van der Waals surface area contributed by atoms with Gasteiger partial charge in [0.05, 0.1) is 0 Å². The van der Waals surface area contributed by atoms with Crippen LogP contribution in [0.15, 0.2) is 0 Å². The van der Waals surface area contributed by atoms with Gasteiger partial charge in [-0.2, -0.15) is 51.3 Å². The fourth-order valence-corrected chi connectivity index (χ4v) is 2.96. The molecule has 0 spiro atoms. The van der Waals surface area contributed by atoms with Crippen LogP contribution in [0.1, 0.15) is 0 Å². The van der Waals surface area contributed by atoms with Gasteiger partial charge in [0.1, 0.15) is 0 Å². The Bertz CT molecular complexity index is 509. The van der Waals surface area contributed by atoms with Crippen LogP contribution in [0.4, 0.5) is 39.5 Å². The maximum absolute atomic E-state index is 13.9. The molecule has 0 N–H and O–H groups in total. The molecule has 0 radical (unpaired) electrons. The first-order valence-electron chi connectivity index (χ1n) is 6.00. The molecule has 1 atom stereocenters. The van der Waals surface area contributed by atoms with Gasteiger partial charge in [-0.05, 0) is 0 Å². The molecule has 2 aliphatic heterocycles. The van der Waals surface area contributed by atoms with Gasteiger partial charge in [0.25, 0.3) is 5.91 Å². The fourth-order valence-electron chi connectivity index (χ4n) is 2.05. The lowest BCUT2D eigenvalue weighted by Gasteiger charge is -2.36. The summed E-state index contributed by atoms with van der Waals surface area (Å²) in [5.74, 6) is -27.7. The van der Waals surface area contributed by atoms with Crippen LogP contribution in [0.25, 0.3) is 0 Å². The summed E-state index contributed by atoms with van der Waals surface area (Å²) in [6, 6.07) is 0. The SMILES string of the molecule is O=C(N1CCSCC1)C(F)(F)[C@]1(F)OC(F)(F)C(F)(F)C1(F)F. The molecule has 0 aromatic heterocycles. The number of hydrogen-bond acceptors (Lipinski definition) is 3. The van der Waals surface area contributed by atoms with Crippen LogP contribution < -0.4 is 0 Å². The van der Waals surface area contributed by atoms with E-state index in [4.69, 9.17) is 0 Å². The summed E-state index contributed by atoms with van der Waals surface area (Å²) in [7, 11) is 0. The van der Waals surface area contributed by atoms with Crippen molar-refractivity contribution in [3.8, 4) is 0 Å². The van der Waals surface area contributed by atoms with Gasteiger partial charge >= 0.3 is 29.7 Å². The maximum Gasteiger partial charge on any atom is 0.428 e. The summed E-state index contributed by atoms with van der Waals surface area (Å²) in [6.07, 6.45) is -6.22. The molecule has 13 heteroatoms. The Kier molecular flexibility index (Phi) is 4.08. The van der Waals surface area contributed by atoms with Gasteiger partial charge in [0.15, 0.2) is 0 Å². The molecule has 3 nitrogen and oxygen atoms in total. The Morgan fingerprint density at radius 1 is 0.957 bits per heavy atom. The smallest absolute Gasteiger partial charge is 0.336 e. The van der Waals surface area contributed by atoms with Crippen molar-refractivity contribution in [2.45, 2.75) is 29.7 Å². The van der Waals surface area contributed by atoms with E-state index < -0.39 is 48.7 Å². The highest BCUT2D eigenvalue weighted by Crippen LogP contribution is 2.64. The zero-order chi connectivity index (χ0) is 17.9. The minimum absolute atomic E-state index is 0.102. The van der Waals surface area contributed by atoms with Crippen molar-refractivity contribution in [3.05, 3.63) is 0 Å². The summed E-state index contributed by atoms with van der Waals surface area (Å²) >= 11 is 1.21. The standard InChI is InChI=1S/C10H8F9NO2S/c11-6(12,5(21)20-1-3-23-4-2-20)9(17)7(13,14)8(15,16)10(18,19)22-9/h1-4H2/t9-/m0/s1. The van der Waals surface area contributed by atoms with Gasteiger partial charge in [0.2, 0.25) is 0 Å². The topological polar surface area (TPSA) is 29.5 Å². The van der Waals surface area contributed by atoms with Crippen molar-refractivity contribution < 1.29 is 49.0 Å². The molecule has 0 bridgehead atoms. The summed E-state index contributed by atoms with van der Waals surface area (Å²) < 4.78 is 122. The number of amides is 1. The first-order chi connectivity index (χ1) is 10.2. The number of thioether (sulfide) groups is 1. The molecule has 2 fully saturated rings. The van der Waals surface area contributed by atoms with E-state index in [1.54, 1.807) is 0 Å². The molecular formula is C10H8F9NO2S. The number of rotatable bonds is 2. The van der Waals surface area contributed by atoms with Crippen LogP contribution in [-0.2, 0) is 9.53 Å². The number of ether oxygens (including phenoxy) is 1. The Morgan fingerprint density at radius 2 is 1.43 bits per heavy atom. The van der Waals surface area contributed by atoms with Crippen LogP contribution in [0, 0.1) is 0 Å². The lowest BCUT2D eigenvalue weighted by molar-refractivity contribution is -0.368. The van der Waals surface area contributed by atoms with Gasteiger partial charge in [-0.3, -0.25) is 9.53 Å². The molecule has 2 rings (SSSR count). The molecule has 0 aromatic rings. The van der Waals surface area contributed by atoms with E-state index in [0.717, 1.165) is 0 Å². The van der Waals surface area contributed by atoms with E-state index in [2.05, 4.69) is 4.74 Å². The van der Waals surface area contributed by atoms with Crippen LogP contribution in [0.3, 0.4) is 0 Å². The first kappa shape index (κ1) is 18.5. The molecule has 2 heterocycles. The number of alkyl halides is 9. The third-order valence-corrected chi connectivity index (χ3v) is 4.35. The Labute approximate surface area is 127 Å². The van der Waals surface area contributed by atoms with E-state index in [1.165, 1.54) is 11.8 Å². The van der Waals surface area contributed by atoms with Crippen molar-refractivity contribution in [2.75, 3.05) is 24.6 Å². The van der Waals surface area contributed by atoms with Crippen LogP contribution in [0.5, 0.6) is 0 Å². The molecular weight excluding hydrogens is 369 g/mol. The Balaban J connectivity index is 2.43. The second kappa shape index (κ2) is 5.07. The van der Waals surface area contributed by atoms with E-state index in [1.807, 2.05) is 0 Å². The lowest BCUT2D eigenvalue weighted by atomic mass is 9.99. The number of halogens is 9. The molecule has 0 aromatic carbocycles. The van der Waals surface area contributed by atoms with Crippen molar-refractivity contribution in [2.24, 2.45) is 0 Å². The number of carbonyl (C=O) groups excluding carboxylic acids is 1. The highest BCUT2D eigenvalue weighted by atomic mass is 32.2. The highest BCUT2D eigenvalue weighted by molar-refractivity contribution is 7.99. The van der Waals surface area contributed by atoms with Gasteiger partial charge in [-0.1, -0.05) is 0 Å². The average molecular weight is 377 g/mol. The quantitative estimate of drug-likeness (QED) is 0.694. The van der Waals surface area contributed by atoms with Gasteiger partial charge in [-0.15, -0.1) is 0 Å². The first-order valence-corrected chi connectivity index (χ1v) is 7.15. The Hall–Kier alpha value is -0.850. The molecule has 1 amide bonds. The van der Waals surface area contributed by atoms with Crippen LogP contribution in [-0.4, -0.2) is 65.1 Å². The average Bonchev–Trinajstić information content (AvgIpc) is 2.55. The van der Waals surface area contributed by atoms with Crippen molar-refractivity contribution in [1.29, 1.82) is 0 Å². The third kappa shape index (κ3) is 2.22. The monoisotopic (exact) mass is 377 g/mol. The van der Waals surface area contributed by atoms with Gasteiger partial charge < -0.3 is 4.90 Å². The zero-order valence-corrected chi connectivity index (χ0v) is 11.7. The largest absolute Gasteiger partial charge is 0.428 e. The molecule has 0 unspecified atom stereocenters. The second-order valence-electron chi connectivity index (χ2n) is 4.84. The Morgan fingerprint density at radius 3 is 1.83 bits per heavy atom. The van der Waals surface area contributed by atoms with Crippen molar-refractivity contribution in [1.82, 2.24) is 4.90 Å². The van der Waals surface area contributed by atoms with E-state index >= 15 is 0 Å². The van der Waals surface area contributed by atoms with E-state index in [0.29, 0.717) is 0 Å². The van der Waals surface area contributed by atoms with E-state index in [9.17, 15) is 44.3 Å². The minimum Gasteiger partial charge on any atom is -0.336 e. The predicted octanol–water partition coefficient (Wildman–Crippen LogP) is 2.76. The minimum atomic E-state index is -6.63. The molecule has 134 valence electrons. The maximum atomic E-state index is 13.9. The van der Waals surface area contributed by atoms with Crippen molar-refractivity contribution in [3.63, 3.8) is 0 Å². The summed E-state index contributed by atoms with van der Waals surface area (Å²) in [5.41, 5.74) is 0. The number of carbonyl (C=O) groups is 1. The summed E-state index contributed by atoms with van der Waals surface area (Å²) in [6.45, 7) is -0.818. The fraction of sp³-hybridized carbons (Fsp3) is 0.900. The van der Waals surface area contributed by atoms with Gasteiger partial charge in [-0.25, -0.2) is 0 Å². The van der Waals surface area contributed by atoms with Crippen molar-refractivity contribution >= 4 is 17.7 Å². The predicted molar refractivity (Wildman–Crippen MR) is 58.6 cm³/mol. The molecule has 2 aliphatic rings. The summed E-state index contributed by atoms with van der Waals surface area (Å²) in [4.78, 5) is 11.8. The lowest BCUT2D eigenvalue weighted by Crippen LogP contribution is -2.65. The normalized spacial score (nSPS) is 32.8. The van der Waals surface area contributed by atoms with Gasteiger partial charge in [0, 0.05) is 24.6 Å². The molecule has 23 heavy (non-hydrogen) atoms. The second-order valence-corrected chi connectivity index (χ2v) is 6.07. The molecule has 2 saturated heterocycles. The van der Waals surface area contributed by atoms with Crippen LogP contribution in [0.2, 0.25) is 0 Å². The molecule has 0 saturated carbocycles. The number of hydrogen-bond donors (Lipinski definition) is 0. The van der Waals surface area contributed by atoms with E-state index in [-0.39, 0.29) is 16.4 Å². The van der Waals surface area contributed by atoms with Crippen LogP contribution >= 0.6 is 11.8 Å². The third-order valence-electron chi connectivity index (χ3n) is 3.40.